The quantitative estimate of drug-likeness (QED) is 0.410. The van der Waals surface area contributed by atoms with Gasteiger partial charge in [-0.2, -0.15) is 13.2 Å². The van der Waals surface area contributed by atoms with Crippen LogP contribution < -0.4 is 14.4 Å². The smallest absolute Gasteiger partial charge is 0.416 e. The van der Waals surface area contributed by atoms with Crippen LogP contribution in [-0.4, -0.2) is 43.2 Å². The summed E-state index contributed by atoms with van der Waals surface area (Å²) in [6.07, 6.45) is -4.21. The lowest BCUT2D eigenvalue weighted by Gasteiger charge is -2.25. The maximum absolute atomic E-state index is 13.5. The zero-order valence-corrected chi connectivity index (χ0v) is 22.7. The fourth-order valence-corrected chi connectivity index (χ4v) is 7.13. The number of alkyl halides is 3. The fourth-order valence-electron chi connectivity index (χ4n) is 4.56. The Bertz CT molecular complexity index is 1430. The molecule has 4 rings (SSSR count). The molecule has 1 amide bonds. The number of carbonyl (C=O) groups excluding carboxylic acids is 1. The molecule has 0 saturated carbocycles. The highest BCUT2D eigenvalue weighted by Gasteiger charge is 2.36. The molecule has 0 fully saturated rings. The van der Waals surface area contributed by atoms with Gasteiger partial charge in [0.05, 0.1) is 22.6 Å². The van der Waals surface area contributed by atoms with E-state index in [4.69, 9.17) is 4.74 Å². The predicted molar refractivity (Wildman–Crippen MR) is 137 cm³/mol. The zero-order chi connectivity index (χ0) is 27.8. The monoisotopic (exact) mass is 568 g/mol. The SMILES string of the molecule is CCOc1cc(C(F)(F)F)ccc1C(=O)NC1Cc2cc(S(=O)(=O)N(c3nncs3)C(C)C)ccc2C1C. The number of ether oxygens (including phenoxy) is 1. The van der Waals surface area contributed by atoms with E-state index < -0.39 is 39.8 Å². The minimum Gasteiger partial charge on any atom is -0.493 e. The van der Waals surface area contributed by atoms with Gasteiger partial charge < -0.3 is 10.1 Å². The summed E-state index contributed by atoms with van der Waals surface area (Å²) in [4.78, 5) is 13.2. The molecule has 2 atom stereocenters. The van der Waals surface area contributed by atoms with Crippen molar-refractivity contribution in [1.29, 1.82) is 0 Å². The van der Waals surface area contributed by atoms with Gasteiger partial charge in [-0.05, 0) is 68.7 Å². The summed E-state index contributed by atoms with van der Waals surface area (Å²) in [5.41, 5.74) is 2.21. The Balaban J connectivity index is 1.58. The minimum atomic E-state index is -4.57. The van der Waals surface area contributed by atoms with Gasteiger partial charge in [-0.1, -0.05) is 24.3 Å². The molecule has 0 saturated heterocycles. The van der Waals surface area contributed by atoms with E-state index in [0.29, 0.717) is 6.42 Å². The number of sulfonamides is 1. The van der Waals surface area contributed by atoms with Gasteiger partial charge in [0.25, 0.3) is 15.9 Å². The highest BCUT2D eigenvalue weighted by Crippen LogP contribution is 2.37. The third-order valence-corrected chi connectivity index (χ3v) is 9.15. The van der Waals surface area contributed by atoms with E-state index in [0.717, 1.165) is 40.7 Å². The molecule has 2 aromatic carbocycles. The Morgan fingerprint density at radius 3 is 2.58 bits per heavy atom. The van der Waals surface area contributed by atoms with Crippen molar-refractivity contribution >= 4 is 32.4 Å². The van der Waals surface area contributed by atoms with Gasteiger partial charge >= 0.3 is 6.18 Å². The second-order valence-electron chi connectivity index (χ2n) is 9.19. The van der Waals surface area contributed by atoms with Gasteiger partial charge in [-0.15, -0.1) is 10.2 Å². The van der Waals surface area contributed by atoms with Gasteiger partial charge in [0.15, 0.2) is 0 Å². The maximum Gasteiger partial charge on any atom is 0.416 e. The molecule has 1 aromatic heterocycles. The van der Waals surface area contributed by atoms with Crippen LogP contribution in [0.5, 0.6) is 5.75 Å². The van der Waals surface area contributed by atoms with Crippen LogP contribution in [0.2, 0.25) is 0 Å². The molecule has 0 aliphatic heterocycles. The second kappa shape index (κ2) is 10.5. The van der Waals surface area contributed by atoms with E-state index in [-0.39, 0.29) is 33.9 Å². The van der Waals surface area contributed by atoms with Crippen molar-refractivity contribution in [3.05, 3.63) is 64.2 Å². The topological polar surface area (TPSA) is 101 Å². The van der Waals surface area contributed by atoms with Gasteiger partial charge in [-0.25, -0.2) is 12.7 Å². The minimum absolute atomic E-state index is 0.00379. The number of nitrogens with one attached hydrogen (secondary N) is 1. The van der Waals surface area contributed by atoms with E-state index >= 15 is 0 Å². The highest BCUT2D eigenvalue weighted by molar-refractivity contribution is 7.93. The number of rotatable bonds is 8. The molecular formula is C25H27F3N4O4S2. The largest absolute Gasteiger partial charge is 0.493 e. The average Bonchev–Trinajstić information content (AvgIpc) is 3.46. The molecule has 13 heteroatoms. The number of fused-ring (bicyclic) bond motifs is 1. The van der Waals surface area contributed by atoms with E-state index in [1.54, 1.807) is 32.9 Å². The lowest BCUT2D eigenvalue weighted by molar-refractivity contribution is -0.137. The van der Waals surface area contributed by atoms with Gasteiger partial charge in [-0.3, -0.25) is 4.79 Å². The van der Waals surface area contributed by atoms with Crippen molar-refractivity contribution in [1.82, 2.24) is 15.5 Å². The Kier molecular flexibility index (Phi) is 7.71. The Labute approximate surface area is 222 Å². The third-order valence-electron chi connectivity index (χ3n) is 6.38. The van der Waals surface area contributed by atoms with Gasteiger partial charge in [0, 0.05) is 18.0 Å². The summed E-state index contributed by atoms with van der Waals surface area (Å²) >= 11 is 1.12. The number of carbonyl (C=O) groups is 1. The number of nitrogens with zero attached hydrogens (tertiary/aromatic N) is 3. The molecule has 1 N–H and O–H groups in total. The summed E-state index contributed by atoms with van der Waals surface area (Å²) in [5, 5.41) is 10.8. The lowest BCUT2D eigenvalue weighted by atomic mass is 10.0. The van der Waals surface area contributed by atoms with Gasteiger partial charge in [0.1, 0.15) is 11.3 Å². The lowest BCUT2D eigenvalue weighted by Crippen LogP contribution is -2.37. The number of anilines is 1. The van der Waals surface area contributed by atoms with Crippen LogP contribution in [0, 0.1) is 0 Å². The third kappa shape index (κ3) is 5.35. The van der Waals surface area contributed by atoms with Gasteiger partial charge in [0.2, 0.25) is 5.13 Å². The standard InChI is InChI=1S/C25H27F3N4O4S2/c1-5-36-22-12-17(25(26,27)28)6-8-20(22)23(33)30-21-11-16-10-18(7-9-19(16)15(21)4)38(34,35)32(14(2)3)24-31-29-13-37-24/h6-10,12-15,21H,5,11H2,1-4H3,(H,30,33). The first-order valence-electron chi connectivity index (χ1n) is 11.9. The first-order chi connectivity index (χ1) is 17.8. The molecular weight excluding hydrogens is 541 g/mol. The summed E-state index contributed by atoms with van der Waals surface area (Å²) in [7, 11) is -3.93. The van der Waals surface area contributed by atoms with E-state index in [9.17, 15) is 26.4 Å². The van der Waals surface area contributed by atoms with Crippen molar-refractivity contribution < 1.29 is 31.1 Å². The second-order valence-corrected chi connectivity index (χ2v) is 11.8. The Hall–Kier alpha value is -3.19. The zero-order valence-electron chi connectivity index (χ0n) is 21.1. The van der Waals surface area contributed by atoms with Crippen molar-refractivity contribution in [2.45, 2.75) is 63.2 Å². The molecule has 0 radical (unpaired) electrons. The summed E-state index contributed by atoms with van der Waals surface area (Å²) in [6.45, 7) is 7.11. The molecule has 8 nitrogen and oxygen atoms in total. The number of amides is 1. The number of halogens is 3. The maximum atomic E-state index is 13.5. The summed E-state index contributed by atoms with van der Waals surface area (Å²) < 4.78 is 73.0. The molecule has 0 spiro atoms. The molecule has 0 bridgehead atoms. The number of hydrogen-bond acceptors (Lipinski definition) is 7. The fraction of sp³-hybridized carbons (Fsp3) is 0.400. The molecule has 1 aliphatic carbocycles. The molecule has 1 aliphatic rings. The summed E-state index contributed by atoms with van der Waals surface area (Å²) in [6, 6.07) is 6.87. The number of benzene rings is 2. The van der Waals surface area contributed by atoms with Crippen molar-refractivity contribution in [2.24, 2.45) is 0 Å². The first-order valence-corrected chi connectivity index (χ1v) is 14.2. The van der Waals surface area contributed by atoms with Crippen molar-refractivity contribution in [2.75, 3.05) is 10.9 Å². The van der Waals surface area contributed by atoms with E-state index in [1.807, 2.05) is 6.92 Å². The number of hydrogen-bond donors (Lipinski definition) is 1. The number of aromatic nitrogens is 2. The highest BCUT2D eigenvalue weighted by atomic mass is 32.2. The van der Waals surface area contributed by atoms with Crippen LogP contribution >= 0.6 is 11.3 Å². The summed E-state index contributed by atoms with van der Waals surface area (Å²) in [5.74, 6) is -0.871. The van der Waals surface area contributed by atoms with Crippen LogP contribution in [0.4, 0.5) is 18.3 Å². The van der Waals surface area contributed by atoms with Crippen molar-refractivity contribution in [3.8, 4) is 5.75 Å². The first kappa shape index (κ1) is 27.8. The molecule has 1 heterocycles. The predicted octanol–water partition coefficient (Wildman–Crippen LogP) is 5.02. The van der Waals surface area contributed by atoms with E-state index in [2.05, 4.69) is 15.5 Å². The average molecular weight is 569 g/mol. The normalized spacial score (nSPS) is 17.4. The van der Waals surface area contributed by atoms with Crippen LogP contribution in [-0.2, 0) is 22.6 Å². The molecule has 3 aromatic rings. The van der Waals surface area contributed by atoms with E-state index in [1.165, 1.54) is 15.9 Å². The van der Waals surface area contributed by atoms with Crippen molar-refractivity contribution in [3.63, 3.8) is 0 Å². The molecule has 38 heavy (non-hydrogen) atoms. The Morgan fingerprint density at radius 2 is 1.97 bits per heavy atom. The van der Waals surface area contributed by atoms with Crippen LogP contribution in [0.25, 0.3) is 0 Å². The van der Waals surface area contributed by atoms with Crippen LogP contribution in [0.15, 0.2) is 46.8 Å². The Morgan fingerprint density at radius 1 is 1.24 bits per heavy atom. The van der Waals surface area contributed by atoms with Crippen LogP contribution in [0.3, 0.4) is 0 Å². The van der Waals surface area contributed by atoms with Crippen LogP contribution in [0.1, 0.15) is 60.7 Å². The molecule has 204 valence electrons. The molecule has 2 unspecified atom stereocenters.